The average molecular weight is 384 g/mol. The third-order valence-corrected chi connectivity index (χ3v) is 5.60. The molecule has 2 rings (SSSR count). The zero-order valence-corrected chi connectivity index (χ0v) is 16.6. The third kappa shape index (κ3) is 5.11. The molecular formula is C18H28N2O5S. The lowest BCUT2D eigenvalue weighted by molar-refractivity contribution is -0.124. The summed E-state index contributed by atoms with van der Waals surface area (Å²) in [5, 5.41) is 2.88. The van der Waals surface area contributed by atoms with Crippen LogP contribution in [0.3, 0.4) is 0 Å². The van der Waals surface area contributed by atoms with Crippen molar-refractivity contribution in [1.82, 2.24) is 10.0 Å². The lowest BCUT2D eigenvalue weighted by Crippen LogP contribution is -2.51. The van der Waals surface area contributed by atoms with Crippen LogP contribution in [-0.2, 0) is 14.8 Å². The standard InChI is InChI=1S/C18H28N2O5S/c1-5-6-13(4)19-18(21)17(12(2)3)20-26(22,23)14-7-8-15-16(11-14)25-10-9-24-15/h7-8,11-13,17,20H,5-6,9-10H2,1-4H3,(H,19,21). The molecule has 0 bridgehead atoms. The first kappa shape index (κ1) is 20.5. The summed E-state index contributed by atoms with van der Waals surface area (Å²) in [6.45, 7) is 8.36. The van der Waals surface area contributed by atoms with Crippen molar-refractivity contribution in [2.24, 2.45) is 5.92 Å². The van der Waals surface area contributed by atoms with Gasteiger partial charge in [0.15, 0.2) is 11.5 Å². The van der Waals surface area contributed by atoms with Crippen molar-refractivity contribution >= 4 is 15.9 Å². The van der Waals surface area contributed by atoms with E-state index in [-0.39, 0.29) is 22.8 Å². The van der Waals surface area contributed by atoms with Gasteiger partial charge in [0.2, 0.25) is 15.9 Å². The van der Waals surface area contributed by atoms with Crippen molar-refractivity contribution < 1.29 is 22.7 Å². The topological polar surface area (TPSA) is 93.7 Å². The molecule has 0 fully saturated rings. The molecule has 1 heterocycles. The van der Waals surface area contributed by atoms with Crippen LogP contribution < -0.4 is 19.5 Å². The quantitative estimate of drug-likeness (QED) is 0.716. The predicted molar refractivity (Wildman–Crippen MR) is 98.9 cm³/mol. The number of carbonyl (C=O) groups is 1. The summed E-state index contributed by atoms with van der Waals surface area (Å²) in [6, 6.07) is 3.58. The van der Waals surface area contributed by atoms with Crippen LogP contribution in [0.15, 0.2) is 23.1 Å². The summed E-state index contributed by atoms with van der Waals surface area (Å²) >= 11 is 0. The molecule has 26 heavy (non-hydrogen) atoms. The van der Waals surface area contributed by atoms with E-state index >= 15 is 0 Å². The molecule has 1 aliphatic heterocycles. The molecule has 2 N–H and O–H groups in total. The first-order chi connectivity index (χ1) is 12.2. The number of nitrogens with one attached hydrogen (secondary N) is 2. The van der Waals surface area contributed by atoms with Crippen LogP contribution in [0.25, 0.3) is 0 Å². The smallest absolute Gasteiger partial charge is 0.241 e. The molecule has 0 aromatic heterocycles. The summed E-state index contributed by atoms with van der Waals surface area (Å²) in [5.74, 6) is 0.390. The Morgan fingerprint density at radius 2 is 1.81 bits per heavy atom. The van der Waals surface area contributed by atoms with Gasteiger partial charge < -0.3 is 14.8 Å². The Balaban J connectivity index is 2.17. The summed E-state index contributed by atoms with van der Waals surface area (Å²) in [5.41, 5.74) is 0. The number of hydrogen-bond donors (Lipinski definition) is 2. The van der Waals surface area contributed by atoms with Gasteiger partial charge in [0.25, 0.3) is 0 Å². The van der Waals surface area contributed by atoms with Gasteiger partial charge in [-0.2, -0.15) is 4.72 Å². The Morgan fingerprint density at radius 1 is 1.15 bits per heavy atom. The number of carbonyl (C=O) groups excluding carboxylic acids is 1. The van der Waals surface area contributed by atoms with E-state index in [1.807, 2.05) is 13.8 Å². The minimum absolute atomic E-state index is 0.00690. The summed E-state index contributed by atoms with van der Waals surface area (Å²) in [4.78, 5) is 12.6. The molecule has 0 radical (unpaired) electrons. The van der Waals surface area contributed by atoms with Gasteiger partial charge in [-0.05, 0) is 31.4 Å². The number of fused-ring (bicyclic) bond motifs is 1. The molecule has 1 aliphatic rings. The van der Waals surface area contributed by atoms with Gasteiger partial charge in [-0.25, -0.2) is 8.42 Å². The maximum atomic E-state index is 12.8. The predicted octanol–water partition coefficient (Wildman–Crippen LogP) is 2.07. The molecule has 0 aliphatic carbocycles. The molecule has 8 heteroatoms. The molecule has 1 amide bonds. The van der Waals surface area contributed by atoms with E-state index in [0.29, 0.717) is 24.7 Å². The Labute approximate surface area is 155 Å². The van der Waals surface area contributed by atoms with Crippen LogP contribution in [0.4, 0.5) is 0 Å². The molecule has 0 spiro atoms. The zero-order valence-electron chi connectivity index (χ0n) is 15.7. The van der Waals surface area contributed by atoms with Crippen molar-refractivity contribution in [1.29, 1.82) is 0 Å². The van der Waals surface area contributed by atoms with Crippen molar-refractivity contribution in [3.8, 4) is 11.5 Å². The monoisotopic (exact) mass is 384 g/mol. The van der Waals surface area contributed by atoms with Crippen LogP contribution in [0, 0.1) is 5.92 Å². The van der Waals surface area contributed by atoms with E-state index in [4.69, 9.17) is 9.47 Å². The minimum atomic E-state index is -3.88. The largest absolute Gasteiger partial charge is 0.486 e. The van der Waals surface area contributed by atoms with E-state index in [9.17, 15) is 13.2 Å². The van der Waals surface area contributed by atoms with Gasteiger partial charge in [0.1, 0.15) is 19.3 Å². The summed E-state index contributed by atoms with van der Waals surface area (Å²) < 4.78 is 38.9. The maximum Gasteiger partial charge on any atom is 0.241 e. The highest BCUT2D eigenvalue weighted by Crippen LogP contribution is 2.32. The van der Waals surface area contributed by atoms with Gasteiger partial charge in [-0.3, -0.25) is 4.79 Å². The SMILES string of the molecule is CCCC(C)NC(=O)C(NS(=O)(=O)c1ccc2c(c1)OCCO2)C(C)C. The number of ether oxygens (including phenoxy) is 2. The van der Waals surface area contributed by atoms with E-state index in [0.717, 1.165) is 12.8 Å². The average Bonchev–Trinajstić information content (AvgIpc) is 2.59. The minimum Gasteiger partial charge on any atom is -0.486 e. The lowest BCUT2D eigenvalue weighted by atomic mass is 10.0. The van der Waals surface area contributed by atoms with Crippen molar-refractivity contribution in [2.75, 3.05) is 13.2 Å². The zero-order chi connectivity index (χ0) is 19.3. The second-order valence-electron chi connectivity index (χ2n) is 6.85. The number of rotatable bonds is 8. The fourth-order valence-electron chi connectivity index (χ4n) is 2.76. The molecule has 7 nitrogen and oxygen atoms in total. The molecule has 2 unspecified atom stereocenters. The Hall–Kier alpha value is -1.80. The second kappa shape index (κ2) is 8.73. The van der Waals surface area contributed by atoms with Crippen molar-refractivity contribution in [3.05, 3.63) is 18.2 Å². The van der Waals surface area contributed by atoms with Gasteiger partial charge in [0.05, 0.1) is 4.90 Å². The van der Waals surface area contributed by atoms with Crippen molar-refractivity contribution in [3.63, 3.8) is 0 Å². The number of benzene rings is 1. The van der Waals surface area contributed by atoms with Crippen LogP contribution in [-0.4, -0.2) is 39.6 Å². The third-order valence-electron chi connectivity index (χ3n) is 4.17. The number of sulfonamides is 1. The van der Waals surface area contributed by atoms with Crippen LogP contribution >= 0.6 is 0 Å². The Kier molecular flexibility index (Phi) is 6.88. The van der Waals surface area contributed by atoms with E-state index in [1.54, 1.807) is 19.9 Å². The second-order valence-corrected chi connectivity index (χ2v) is 8.56. The van der Waals surface area contributed by atoms with Crippen LogP contribution in [0.1, 0.15) is 40.5 Å². The van der Waals surface area contributed by atoms with Gasteiger partial charge in [-0.15, -0.1) is 0 Å². The lowest BCUT2D eigenvalue weighted by Gasteiger charge is -2.24. The molecule has 2 atom stereocenters. The fraction of sp³-hybridized carbons (Fsp3) is 0.611. The number of amides is 1. The van der Waals surface area contributed by atoms with Gasteiger partial charge >= 0.3 is 0 Å². The van der Waals surface area contributed by atoms with Crippen LogP contribution in [0.2, 0.25) is 0 Å². The summed E-state index contributed by atoms with van der Waals surface area (Å²) in [7, 11) is -3.88. The molecule has 1 aromatic carbocycles. The first-order valence-electron chi connectivity index (χ1n) is 8.97. The highest BCUT2D eigenvalue weighted by molar-refractivity contribution is 7.89. The van der Waals surface area contributed by atoms with E-state index in [2.05, 4.69) is 10.0 Å². The Bertz CT molecular complexity index is 733. The normalized spacial score (nSPS) is 16.2. The number of hydrogen-bond acceptors (Lipinski definition) is 5. The Morgan fingerprint density at radius 3 is 2.42 bits per heavy atom. The van der Waals surface area contributed by atoms with Crippen molar-refractivity contribution in [2.45, 2.75) is 57.5 Å². The molecule has 146 valence electrons. The highest BCUT2D eigenvalue weighted by atomic mass is 32.2. The van der Waals surface area contributed by atoms with E-state index in [1.165, 1.54) is 12.1 Å². The molecule has 0 saturated carbocycles. The first-order valence-corrected chi connectivity index (χ1v) is 10.4. The molecule has 1 aromatic rings. The molecular weight excluding hydrogens is 356 g/mol. The van der Waals surface area contributed by atoms with Gasteiger partial charge in [0, 0.05) is 12.1 Å². The fourth-order valence-corrected chi connectivity index (χ4v) is 4.12. The summed E-state index contributed by atoms with van der Waals surface area (Å²) in [6.07, 6.45) is 1.78. The maximum absolute atomic E-state index is 12.8. The van der Waals surface area contributed by atoms with Gasteiger partial charge in [-0.1, -0.05) is 27.2 Å². The highest BCUT2D eigenvalue weighted by Gasteiger charge is 2.29. The molecule has 0 saturated heterocycles. The van der Waals surface area contributed by atoms with Crippen LogP contribution in [0.5, 0.6) is 11.5 Å². The van der Waals surface area contributed by atoms with E-state index < -0.39 is 16.1 Å².